The fourth-order valence-corrected chi connectivity index (χ4v) is 3.14. The number of rotatable bonds is 4. The minimum Gasteiger partial charge on any atom is -0.321 e. The maximum atomic E-state index is 12.6. The van der Waals surface area contributed by atoms with Crippen molar-refractivity contribution in [3.63, 3.8) is 0 Å². The first-order valence-corrected chi connectivity index (χ1v) is 8.88. The van der Waals surface area contributed by atoms with Gasteiger partial charge in [0.2, 0.25) is 0 Å². The molecule has 0 aliphatic carbocycles. The molecule has 0 aliphatic rings. The van der Waals surface area contributed by atoms with Crippen LogP contribution in [-0.4, -0.2) is 21.9 Å². The van der Waals surface area contributed by atoms with Crippen LogP contribution in [0.2, 0.25) is 0 Å². The summed E-state index contributed by atoms with van der Waals surface area (Å²) in [7, 11) is 0. The number of benzene rings is 2. The van der Waals surface area contributed by atoms with Gasteiger partial charge < -0.3 is 5.32 Å². The van der Waals surface area contributed by atoms with E-state index in [9.17, 15) is 4.79 Å². The van der Waals surface area contributed by atoms with Gasteiger partial charge in [0.1, 0.15) is 0 Å². The Morgan fingerprint density at radius 3 is 2.67 bits per heavy atom. The van der Waals surface area contributed by atoms with Crippen LogP contribution in [-0.2, 0) is 0 Å². The fraction of sp³-hybridized carbons (Fsp3) is 0.158. The molecule has 5 heteroatoms. The smallest absolute Gasteiger partial charge is 0.259 e. The van der Waals surface area contributed by atoms with Crippen LogP contribution >= 0.6 is 11.8 Å². The van der Waals surface area contributed by atoms with Crippen molar-refractivity contribution < 1.29 is 4.79 Å². The third-order valence-corrected chi connectivity index (χ3v) is 4.65. The van der Waals surface area contributed by atoms with Crippen LogP contribution in [0.1, 0.15) is 21.6 Å². The Morgan fingerprint density at radius 2 is 1.92 bits per heavy atom. The molecule has 0 radical (unpaired) electrons. The molecule has 1 amide bonds. The summed E-state index contributed by atoms with van der Waals surface area (Å²) in [6.45, 7) is 3.94. The van der Waals surface area contributed by atoms with E-state index in [0.717, 1.165) is 27.5 Å². The molecular weight excluding hydrogens is 318 g/mol. The number of carbonyl (C=O) groups is 1. The molecule has 0 unspecified atom stereocenters. The van der Waals surface area contributed by atoms with Gasteiger partial charge >= 0.3 is 0 Å². The van der Waals surface area contributed by atoms with Crippen LogP contribution in [0.4, 0.5) is 5.69 Å². The minimum atomic E-state index is -0.145. The second-order valence-electron chi connectivity index (χ2n) is 5.55. The first-order valence-electron chi connectivity index (χ1n) is 7.66. The van der Waals surface area contributed by atoms with Crippen LogP contribution in [0.15, 0.2) is 59.6 Å². The largest absolute Gasteiger partial charge is 0.321 e. The van der Waals surface area contributed by atoms with E-state index < -0.39 is 0 Å². The van der Waals surface area contributed by atoms with Gasteiger partial charge in [-0.05, 0) is 49.9 Å². The molecule has 0 saturated heterocycles. The SMILES string of the molecule is CSc1ccccc1NC(=O)c1cnn(-c2cccc(C)c2)c1C. The minimum absolute atomic E-state index is 0.145. The van der Waals surface area contributed by atoms with E-state index >= 15 is 0 Å². The van der Waals surface area contributed by atoms with Gasteiger partial charge in [-0.3, -0.25) is 4.79 Å². The summed E-state index contributed by atoms with van der Waals surface area (Å²) in [6.07, 6.45) is 3.61. The van der Waals surface area contributed by atoms with Gasteiger partial charge in [-0.2, -0.15) is 5.10 Å². The summed E-state index contributed by atoms with van der Waals surface area (Å²) in [5, 5.41) is 7.36. The molecule has 3 aromatic rings. The standard InChI is InChI=1S/C19H19N3OS/c1-13-7-6-8-15(11-13)22-14(2)16(12-20-22)19(23)21-17-9-4-5-10-18(17)24-3/h4-12H,1-3H3,(H,21,23). The molecule has 0 fully saturated rings. The van der Waals surface area contributed by atoms with Crippen molar-refractivity contribution in [3.05, 3.63) is 71.5 Å². The van der Waals surface area contributed by atoms with Crippen LogP contribution < -0.4 is 5.32 Å². The fourth-order valence-electron chi connectivity index (χ4n) is 2.59. The number of para-hydroxylation sites is 1. The van der Waals surface area contributed by atoms with Crippen molar-refractivity contribution in [1.82, 2.24) is 9.78 Å². The molecular formula is C19H19N3OS. The molecule has 0 spiro atoms. The topological polar surface area (TPSA) is 46.9 Å². The first kappa shape index (κ1) is 16.3. The molecule has 0 atom stereocenters. The lowest BCUT2D eigenvalue weighted by Crippen LogP contribution is -2.13. The molecule has 1 aromatic heterocycles. The predicted molar refractivity (Wildman–Crippen MR) is 99.2 cm³/mol. The normalized spacial score (nSPS) is 10.6. The van der Waals surface area contributed by atoms with Crippen molar-refractivity contribution in [1.29, 1.82) is 0 Å². The van der Waals surface area contributed by atoms with E-state index in [1.54, 1.807) is 22.6 Å². The van der Waals surface area contributed by atoms with Gasteiger partial charge in [-0.25, -0.2) is 4.68 Å². The van der Waals surface area contributed by atoms with E-state index in [1.807, 2.05) is 68.6 Å². The number of amides is 1. The van der Waals surface area contributed by atoms with Gasteiger partial charge in [0.05, 0.1) is 28.8 Å². The lowest BCUT2D eigenvalue weighted by Gasteiger charge is -2.09. The van der Waals surface area contributed by atoms with Crippen molar-refractivity contribution in [2.45, 2.75) is 18.7 Å². The zero-order chi connectivity index (χ0) is 17.1. The van der Waals surface area contributed by atoms with Gasteiger partial charge in [-0.15, -0.1) is 11.8 Å². The molecule has 1 N–H and O–H groups in total. The lowest BCUT2D eigenvalue weighted by molar-refractivity contribution is 0.102. The Balaban J connectivity index is 1.89. The van der Waals surface area contributed by atoms with Crippen molar-refractivity contribution in [2.75, 3.05) is 11.6 Å². The van der Waals surface area contributed by atoms with E-state index in [2.05, 4.69) is 10.4 Å². The average molecular weight is 337 g/mol. The van der Waals surface area contributed by atoms with Crippen LogP contribution in [0.5, 0.6) is 0 Å². The highest BCUT2D eigenvalue weighted by Gasteiger charge is 2.16. The maximum Gasteiger partial charge on any atom is 0.259 e. The highest BCUT2D eigenvalue weighted by molar-refractivity contribution is 7.98. The summed E-state index contributed by atoms with van der Waals surface area (Å²) in [4.78, 5) is 13.7. The van der Waals surface area contributed by atoms with E-state index in [4.69, 9.17) is 0 Å². The molecule has 1 heterocycles. The number of aryl methyl sites for hydroxylation is 1. The Bertz CT molecular complexity index is 886. The second-order valence-corrected chi connectivity index (χ2v) is 6.40. The number of aromatic nitrogens is 2. The number of nitrogens with one attached hydrogen (secondary N) is 1. The van der Waals surface area contributed by atoms with E-state index in [1.165, 1.54) is 0 Å². The monoisotopic (exact) mass is 337 g/mol. The highest BCUT2D eigenvalue weighted by Crippen LogP contribution is 2.25. The van der Waals surface area contributed by atoms with Gasteiger partial charge in [0.15, 0.2) is 0 Å². The van der Waals surface area contributed by atoms with Crippen molar-refractivity contribution in [3.8, 4) is 5.69 Å². The molecule has 0 aliphatic heterocycles. The summed E-state index contributed by atoms with van der Waals surface area (Å²) in [5.41, 5.74) is 4.32. The predicted octanol–water partition coefficient (Wildman–Crippen LogP) is 4.46. The van der Waals surface area contributed by atoms with Crippen LogP contribution in [0, 0.1) is 13.8 Å². The second kappa shape index (κ2) is 6.93. The lowest BCUT2D eigenvalue weighted by atomic mass is 10.2. The summed E-state index contributed by atoms with van der Waals surface area (Å²) in [5.74, 6) is -0.145. The average Bonchev–Trinajstić information content (AvgIpc) is 2.97. The van der Waals surface area contributed by atoms with Crippen LogP contribution in [0.25, 0.3) is 5.69 Å². The molecule has 4 nitrogen and oxygen atoms in total. The Labute approximate surface area is 145 Å². The number of nitrogens with zero attached hydrogens (tertiary/aromatic N) is 2. The third-order valence-electron chi connectivity index (χ3n) is 3.86. The number of hydrogen-bond donors (Lipinski definition) is 1. The Morgan fingerprint density at radius 1 is 1.12 bits per heavy atom. The molecule has 3 rings (SSSR count). The number of hydrogen-bond acceptors (Lipinski definition) is 3. The quantitative estimate of drug-likeness (QED) is 0.715. The van der Waals surface area contributed by atoms with E-state index in [-0.39, 0.29) is 5.91 Å². The highest BCUT2D eigenvalue weighted by atomic mass is 32.2. The van der Waals surface area contributed by atoms with Gasteiger partial charge in [0.25, 0.3) is 5.91 Å². The first-order chi connectivity index (χ1) is 11.6. The molecule has 0 saturated carbocycles. The summed E-state index contributed by atoms with van der Waals surface area (Å²) >= 11 is 1.60. The van der Waals surface area contributed by atoms with E-state index in [0.29, 0.717) is 5.56 Å². The summed E-state index contributed by atoms with van der Waals surface area (Å²) in [6, 6.07) is 15.8. The number of thioether (sulfide) groups is 1. The summed E-state index contributed by atoms with van der Waals surface area (Å²) < 4.78 is 1.79. The van der Waals surface area contributed by atoms with Gasteiger partial charge in [0, 0.05) is 4.90 Å². The van der Waals surface area contributed by atoms with Crippen LogP contribution in [0.3, 0.4) is 0 Å². The van der Waals surface area contributed by atoms with Crippen molar-refractivity contribution >= 4 is 23.4 Å². The molecule has 0 bridgehead atoms. The molecule has 2 aromatic carbocycles. The Kier molecular flexibility index (Phi) is 4.71. The number of carbonyl (C=O) groups excluding carboxylic acids is 1. The zero-order valence-electron chi connectivity index (χ0n) is 13.9. The van der Waals surface area contributed by atoms with Crippen molar-refractivity contribution in [2.24, 2.45) is 0 Å². The molecule has 24 heavy (non-hydrogen) atoms. The maximum absolute atomic E-state index is 12.6. The Hall–Kier alpha value is -2.53. The zero-order valence-corrected chi connectivity index (χ0v) is 14.7. The van der Waals surface area contributed by atoms with Gasteiger partial charge in [-0.1, -0.05) is 24.3 Å². The number of anilines is 1. The molecule has 122 valence electrons. The third kappa shape index (κ3) is 3.21.